The monoisotopic (exact) mass is 313 g/mol. The number of hydrogen-bond donors (Lipinski definition) is 0. The van der Waals surface area contributed by atoms with E-state index in [0.29, 0.717) is 6.54 Å². The SMILES string of the molecule is [CH-]=[N+]1CC(C)C2(C1)C(=O)N(C)C(C)N2C.[CH3-].[Y]. The van der Waals surface area contributed by atoms with Crippen LogP contribution < -0.4 is 0 Å². The summed E-state index contributed by atoms with van der Waals surface area (Å²) in [5.41, 5.74) is -0.400. The van der Waals surface area contributed by atoms with E-state index in [1.807, 2.05) is 19.0 Å². The van der Waals surface area contributed by atoms with Gasteiger partial charge in [-0.15, -0.1) is 0 Å². The molecule has 0 aromatic heterocycles. The van der Waals surface area contributed by atoms with E-state index in [-0.39, 0.29) is 58.1 Å². The van der Waals surface area contributed by atoms with E-state index in [0.717, 1.165) is 6.54 Å². The van der Waals surface area contributed by atoms with Gasteiger partial charge in [0.1, 0.15) is 13.1 Å². The van der Waals surface area contributed by atoms with Gasteiger partial charge in [0.2, 0.25) is 0 Å². The van der Waals surface area contributed by atoms with Crippen molar-refractivity contribution in [2.75, 3.05) is 27.2 Å². The Hall–Kier alpha value is 0.204. The summed E-state index contributed by atoms with van der Waals surface area (Å²) in [7, 11) is 3.88. The molecule has 2 aliphatic heterocycles. The number of amides is 1. The summed E-state index contributed by atoms with van der Waals surface area (Å²) in [6, 6.07) is 0. The smallest absolute Gasteiger partial charge is 0.251 e. The third-order valence-electron chi connectivity index (χ3n) is 4.21. The Morgan fingerprint density at radius 1 is 1.41 bits per heavy atom. The molecule has 5 heteroatoms. The zero-order valence-electron chi connectivity index (χ0n) is 11.5. The number of carbonyl (C=O) groups is 1. The Morgan fingerprint density at radius 2 is 1.94 bits per heavy atom. The first-order valence-corrected chi connectivity index (χ1v) is 5.41. The van der Waals surface area contributed by atoms with Crippen molar-refractivity contribution in [2.24, 2.45) is 5.92 Å². The molecule has 1 amide bonds. The van der Waals surface area contributed by atoms with Crippen molar-refractivity contribution >= 4 is 12.6 Å². The molecule has 2 fully saturated rings. The Morgan fingerprint density at radius 3 is 2.24 bits per heavy atom. The molecular formula is C12H22N3OY-. The summed E-state index contributed by atoms with van der Waals surface area (Å²) in [6.45, 7) is 11.4. The summed E-state index contributed by atoms with van der Waals surface area (Å²) < 4.78 is 1.75. The van der Waals surface area contributed by atoms with Crippen LogP contribution in [0.3, 0.4) is 0 Å². The molecule has 1 radical (unpaired) electrons. The summed E-state index contributed by atoms with van der Waals surface area (Å²) >= 11 is 0. The van der Waals surface area contributed by atoms with Gasteiger partial charge in [-0.25, -0.2) is 6.72 Å². The number of rotatable bonds is 0. The van der Waals surface area contributed by atoms with Crippen LogP contribution in [0.25, 0.3) is 0 Å². The van der Waals surface area contributed by atoms with E-state index in [4.69, 9.17) is 6.72 Å². The molecule has 3 atom stereocenters. The summed E-state index contributed by atoms with van der Waals surface area (Å²) in [6.07, 6.45) is 0.159. The van der Waals surface area contributed by atoms with Crippen LogP contribution >= 0.6 is 0 Å². The molecule has 4 nitrogen and oxygen atoms in total. The van der Waals surface area contributed by atoms with Gasteiger partial charge in [0.05, 0.1) is 6.17 Å². The van der Waals surface area contributed by atoms with Gasteiger partial charge in [0.15, 0.2) is 5.54 Å². The van der Waals surface area contributed by atoms with Crippen LogP contribution in [0.15, 0.2) is 0 Å². The molecule has 95 valence electrons. The quantitative estimate of drug-likeness (QED) is 0.471. The van der Waals surface area contributed by atoms with Crippen LogP contribution in [0.5, 0.6) is 0 Å². The molecule has 0 bridgehead atoms. The van der Waals surface area contributed by atoms with Crippen molar-refractivity contribution in [3.05, 3.63) is 7.43 Å². The van der Waals surface area contributed by atoms with Gasteiger partial charge in [-0.3, -0.25) is 9.69 Å². The topological polar surface area (TPSA) is 26.6 Å². The minimum atomic E-state index is -0.400. The summed E-state index contributed by atoms with van der Waals surface area (Å²) in [4.78, 5) is 16.3. The van der Waals surface area contributed by atoms with Gasteiger partial charge in [0, 0.05) is 45.7 Å². The first-order valence-electron chi connectivity index (χ1n) is 5.41. The van der Waals surface area contributed by atoms with Crippen molar-refractivity contribution in [3.8, 4) is 0 Å². The third kappa shape index (κ3) is 2.13. The average molecular weight is 313 g/mol. The maximum atomic E-state index is 12.3. The van der Waals surface area contributed by atoms with Gasteiger partial charge in [-0.2, -0.15) is 0 Å². The molecule has 0 N–H and O–H groups in total. The van der Waals surface area contributed by atoms with Gasteiger partial charge in [-0.05, 0) is 14.0 Å². The van der Waals surface area contributed by atoms with Crippen molar-refractivity contribution in [2.45, 2.75) is 25.6 Å². The maximum absolute atomic E-state index is 12.3. The molecule has 17 heavy (non-hydrogen) atoms. The van der Waals surface area contributed by atoms with Crippen LogP contribution in [0.1, 0.15) is 13.8 Å². The fraction of sp³-hybridized carbons (Fsp3) is 0.750. The van der Waals surface area contributed by atoms with Crippen molar-refractivity contribution in [1.29, 1.82) is 0 Å². The molecule has 0 aromatic rings. The Balaban J connectivity index is 0.00000128. The predicted molar refractivity (Wildman–Crippen MR) is 64.4 cm³/mol. The minimum Gasteiger partial charge on any atom is -0.414 e. The van der Waals surface area contributed by atoms with E-state index in [9.17, 15) is 4.79 Å². The number of likely N-dealkylation sites (N-methyl/N-ethyl adjacent to an activating group) is 2. The second-order valence-electron chi connectivity index (χ2n) is 4.91. The second-order valence-corrected chi connectivity index (χ2v) is 4.91. The number of carbonyl (C=O) groups excluding carboxylic acids is 1. The van der Waals surface area contributed by atoms with Gasteiger partial charge >= 0.3 is 0 Å². The largest absolute Gasteiger partial charge is 0.414 e. The van der Waals surface area contributed by atoms with Gasteiger partial charge in [0.25, 0.3) is 5.91 Å². The van der Waals surface area contributed by atoms with E-state index in [1.165, 1.54) is 0 Å². The fourth-order valence-corrected chi connectivity index (χ4v) is 2.99. The zero-order chi connectivity index (χ0) is 11.4. The van der Waals surface area contributed by atoms with E-state index in [2.05, 4.69) is 18.7 Å². The standard InChI is InChI=1S/C11H19N3O.CH3.Y/c1-8-6-12(3)7-11(8)10(15)13(4)9(2)14(11)5;;/h3,8-9H,6-7H2,1-2,4-5H3;1H3;/q;-1;. The van der Waals surface area contributed by atoms with Crippen LogP contribution in [-0.4, -0.2) is 65.9 Å². The van der Waals surface area contributed by atoms with Crippen LogP contribution in [0, 0.1) is 13.3 Å². The molecule has 0 aromatic carbocycles. The molecule has 0 saturated carbocycles. The van der Waals surface area contributed by atoms with E-state index >= 15 is 0 Å². The molecule has 2 rings (SSSR count). The normalized spacial score (nSPS) is 37.3. The maximum Gasteiger partial charge on any atom is 0.251 e. The summed E-state index contributed by atoms with van der Waals surface area (Å²) in [5.74, 6) is 0.491. The van der Waals surface area contributed by atoms with Gasteiger partial charge in [-0.1, -0.05) is 6.92 Å². The number of nitrogens with zero attached hydrogens (tertiary/aromatic N) is 3. The molecule has 3 unspecified atom stereocenters. The molecule has 2 heterocycles. The van der Waals surface area contributed by atoms with Crippen LogP contribution in [0.2, 0.25) is 0 Å². The first-order chi connectivity index (χ1) is 6.91. The van der Waals surface area contributed by atoms with Crippen LogP contribution in [-0.2, 0) is 37.5 Å². The fourth-order valence-electron chi connectivity index (χ4n) is 2.99. The minimum absolute atomic E-state index is 0. The molecule has 0 aliphatic carbocycles. The zero-order valence-corrected chi connectivity index (χ0v) is 14.3. The molecular weight excluding hydrogens is 291 g/mol. The van der Waals surface area contributed by atoms with Gasteiger partial charge < -0.3 is 16.9 Å². The Bertz CT molecular complexity index is 334. The number of hydrogen-bond acceptors (Lipinski definition) is 2. The van der Waals surface area contributed by atoms with Crippen molar-refractivity contribution in [3.63, 3.8) is 0 Å². The van der Waals surface area contributed by atoms with E-state index in [1.54, 1.807) is 4.58 Å². The molecule has 2 aliphatic rings. The predicted octanol–water partition coefficient (Wildman–Crippen LogP) is 0.163. The van der Waals surface area contributed by atoms with Crippen LogP contribution in [0.4, 0.5) is 0 Å². The van der Waals surface area contributed by atoms with Crippen molar-refractivity contribution in [1.82, 2.24) is 9.80 Å². The van der Waals surface area contributed by atoms with Crippen molar-refractivity contribution < 1.29 is 42.1 Å². The first kappa shape index (κ1) is 17.2. The van der Waals surface area contributed by atoms with E-state index < -0.39 is 5.54 Å². The Kier molecular flexibility index (Phi) is 5.52. The molecule has 1 spiro atoms. The third-order valence-corrected chi connectivity index (χ3v) is 4.21. The Labute approximate surface area is 130 Å². The molecule has 2 saturated heterocycles. The second kappa shape index (κ2) is 5.46. The summed E-state index contributed by atoms with van der Waals surface area (Å²) in [5, 5.41) is 0. The average Bonchev–Trinajstić information content (AvgIpc) is 2.56.